The average molecular weight is 193 g/mol. The van der Waals surface area contributed by atoms with E-state index >= 15 is 0 Å². The Morgan fingerprint density at radius 1 is 1.36 bits per heavy atom. The molecule has 78 valence electrons. The van der Waals surface area contributed by atoms with Gasteiger partial charge in [-0.1, -0.05) is 25.8 Å². The summed E-state index contributed by atoms with van der Waals surface area (Å²) in [5.74, 6) is 0.943. The highest BCUT2D eigenvalue weighted by Crippen LogP contribution is 2.04. The Morgan fingerprint density at radius 3 is 2.79 bits per heavy atom. The smallest absolute Gasteiger partial charge is 0.125 e. The third kappa shape index (κ3) is 3.75. The third-order valence-corrected chi connectivity index (χ3v) is 2.15. The van der Waals surface area contributed by atoms with Crippen LogP contribution >= 0.6 is 0 Å². The number of anilines is 1. The predicted octanol–water partition coefficient (Wildman–Crippen LogP) is 2.14. The molecule has 3 heteroatoms. The van der Waals surface area contributed by atoms with Crippen molar-refractivity contribution in [3.05, 3.63) is 23.9 Å². The summed E-state index contributed by atoms with van der Waals surface area (Å²) in [6.45, 7) is 3.76. The number of pyridine rings is 1. The maximum Gasteiger partial charge on any atom is 0.125 e. The Morgan fingerprint density at radius 2 is 2.21 bits per heavy atom. The summed E-state index contributed by atoms with van der Waals surface area (Å²) in [6, 6.07) is 3.99. The molecule has 1 rings (SSSR count). The molecule has 0 fully saturated rings. The van der Waals surface area contributed by atoms with Gasteiger partial charge in [0.1, 0.15) is 5.82 Å². The molecule has 0 bridgehead atoms. The SMILES string of the molecule is CCCCCNc1ccc(CN)cn1. The standard InChI is InChI=1S/C11H19N3/c1-2-3-4-7-13-11-6-5-10(8-12)9-14-11/h5-6,9H,2-4,7-8,12H2,1H3,(H,13,14). The fourth-order valence-corrected chi connectivity index (χ4v) is 1.24. The summed E-state index contributed by atoms with van der Waals surface area (Å²) < 4.78 is 0. The monoisotopic (exact) mass is 193 g/mol. The first kappa shape index (κ1) is 11.0. The zero-order valence-corrected chi connectivity index (χ0v) is 8.79. The minimum absolute atomic E-state index is 0.559. The van der Waals surface area contributed by atoms with Crippen molar-refractivity contribution in [2.75, 3.05) is 11.9 Å². The van der Waals surface area contributed by atoms with Crippen LogP contribution in [0, 0.1) is 0 Å². The van der Waals surface area contributed by atoms with E-state index in [-0.39, 0.29) is 0 Å². The van der Waals surface area contributed by atoms with Crippen LogP contribution in [0.1, 0.15) is 31.7 Å². The molecule has 0 aliphatic heterocycles. The lowest BCUT2D eigenvalue weighted by atomic mass is 10.2. The molecule has 3 nitrogen and oxygen atoms in total. The number of rotatable bonds is 6. The molecule has 1 heterocycles. The topological polar surface area (TPSA) is 50.9 Å². The molecule has 0 aromatic carbocycles. The predicted molar refractivity (Wildman–Crippen MR) is 60.1 cm³/mol. The Hall–Kier alpha value is -1.09. The highest BCUT2D eigenvalue weighted by atomic mass is 15.0. The van der Waals surface area contributed by atoms with Gasteiger partial charge in [0.15, 0.2) is 0 Å². The first-order valence-corrected chi connectivity index (χ1v) is 5.25. The van der Waals surface area contributed by atoms with Crippen molar-refractivity contribution in [1.82, 2.24) is 4.98 Å². The van der Waals surface area contributed by atoms with Gasteiger partial charge in [-0.25, -0.2) is 4.98 Å². The first-order valence-electron chi connectivity index (χ1n) is 5.25. The minimum Gasteiger partial charge on any atom is -0.370 e. The molecule has 0 aliphatic carbocycles. The van der Waals surface area contributed by atoms with Crippen LogP contribution in [-0.4, -0.2) is 11.5 Å². The van der Waals surface area contributed by atoms with Gasteiger partial charge < -0.3 is 11.1 Å². The van der Waals surface area contributed by atoms with Crippen molar-refractivity contribution in [2.45, 2.75) is 32.7 Å². The molecule has 0 spiro atoms. The van der Waals surface area contributed by atoms with Gasteiger partial charge in [0.25, 0.3) is 0 Å². The van der Waals surface area contributed by atoms with Gasteiger partial charge in [0.05, 0.1) is 0 Å². The molecule has 0 unspecified atom stereocenters. The zero-order valence-electron chi connectivity index (χ0n) is 8.79. The van der Waals surface area contributed by atoms with Gasteiger partial charge in [0, 0.05) is 19.3 Å². The van der Waals surface area contributed by atoms with Crippen LogP contribution in [0.15, 0.2) is 18.3 Å². The van der Waals surface area contributed by atoms with Gasteiger partial charge >= 0.3 is 0 Å². The fourth-order valence-electron chi connectivity index (χ4n) is 1.24. The zero-order chi connectivity index (χ0) is 10.2. The highest BCUT2D eigenvalue weighted by Gasteiger charge is 1.93. The number of nitrogens with two attached hydrogens (primary N) is 1. The molecule has 14 heavy (non-hydrogen) atoms. The first-order chi connectivity index (χ1) is 6.86. The number of aromatic nitrogens is 1. The second-order valence-electron chi connectivity index (χ2n) is 3.39. The summed E-state index contributed by atoms with van der Waals surface area (Å²) in [5, 5.41) is 3.28. The summed E-state index contributed by atoms with van der Waals surface area (Å²) in [7, 11) is 0. The highest BCUT2D eigenvalue weighted by molar-refractivity contribution is 5.35. The molecule has 0 saturated carbocycles. The molecular weight excluding hydrogens is 174 g/mol. The number of hydrogen-bond donors (Lipinski definition) is 2. The van der Waals surface area contributed by atoms with Gasteiger partial charge in [-0.05, 0) is 18.1 Å². The molecule has 0 aliphatic rings. The molecule has 0 atom stereocenters. The number of unbranched alkanes of at least 4 members (excludes halogenated alkanes) is 2. The van der Waals surface area contributed by atoms with Crippen molar-refractivity contribution in [2.24, 2.45) is 5.73 Å². The number of nitrogens with one attached hydrogen (secondary N) is 1. The fraction of sp³-hybridized carbons (Fsp3) is 0.545. The maximum absolute atomic E-state index is 5.48. The van der Waals surface area contributed by atoms with Crippen molar-refractivity contribution < 1.29 is 0 Å². The second kappa shape index (κ2) is 6.38. The van der Waals surface area contributed by atoms with E-state index in [0.717, 1.165) is 17.9 Å². The van der Waals surface area contributed by atoms with E-state index in [0.29, 0.717) is 6.54 Å². The van der Waals surface area contributed by atoms with E-state index in [1.54, 1.807) is 0 Å². The van der Waals surface area contributed by atoms with Gasteiger partial charge in [-0.3, -0.25) is 0 Å². The van der Waals surface area contributed by atoms with Crippen LogP contribution in [0.4, 0.5) is 5.82 Å². The van der Waals surface area contributed by atoms with Crippen LogP contribution in [0.3, 0.4) is 0 Å². The molecule has 1 aromatic heterocycles. The Kier molecular flexibility index (Phi) is 5.00. The van der Waals surface area contributed by atoms with Crippen molar-refractivity contribution in [1.29, 1.82) is 0 Å². The molecule has 1 aromatic rings. The molecular formula is C11H19N3. The van der Waals surface area contributed by atoms with Crippen molar-refractivity contribution >= 4 is 5.82 Å². The number of nitrogens with zero attached hydrogens (tertiary/aromatic N) is 1. The normalized spacial score (nSPS) is 10.1. The Bertz CT molecular complexity index is 243. The second-order valence-corrected chi connectivity index (χ2v) is 3.39. The van der Waals surface area contributed by atoms with E-state index in [1.807, 2.05) is 18.3 Å². The van der Waals surface area contributed by atoms with E-state index in [9.17, 15) is 0 Å². The number of hydrogen-bond acceptors (Lipinski definition) is 3. The molecule has 0 radical (unpaired) electrons. The van der Waals surface area contributed by atoms with E-state index in [1.165, 1.54) is 19.3 Å². The van der Waals surface area contributed by atoms with Crippen LogP contribution in [0.5, 0.6) is 0 Å². The largest absolute Gasteiger partial charge is 0.370 e. The summed E-state index contributed by atoms with van der Waals surface area (Å²) in [6.07, 6.45) is 5.55. The summed E-state index contributed by atoms with van der Waals surface area (Å²) >= 11 is 0. The lowest BCUT2D eigenvalue weighted by molar-refractivity contribution is 0.742. The van der Waals surface area contributed by atoms with Crippen LogP contribution < -0.4 is 11.1 Å². The van der Waals surface area contributed by atoms with E-state index in [4.69, 9.17) is 5.73 Å². The van der Waals surface area contributed by atoms with E-state index < -0.39 is 0 Å². The lowest BCUT2D eigenvalue weighted by Crippen LogP contribution is -2.04. The van der Waals surface area contributed by atoms with Crippen LogP contribution in [0.25, 0.3) is 0 Å². The lowest BCUT2D eigenvalue weighted by Gasteiger charge is -2.05. The van der Waals surface area contributed by atoms with E-state index in [2.05, 4.69) is 17.2 Å². The van der Waals surface area contributed by atoms with Gasteiger partial charge in [-0.2, -0.15) is 0 Å². The summed E-state index contributed by atoms with van der Waals surface area (Å²) in [5.41, 5.74) is 6.55. The quantitative estimate of drug-likeness (QED) is 0.680. The summed E-state index contributed by atoms with van der Waals surface area (Å²) in [4.78, 5) is 4.26. The van der Waals surface area contributed by atoms with Gasteiger partial charge in [0.2, 0.25) is 0 Å². The van der Waals surface area contributed by atoms with Crippen LogP contribution in [0.2, 0.25) is 0 Å². The Balaban J connectivity index is 2.29. The Labute approximate surface area is 85.7 Å². The van der Waals surface area contributed by atoms with Crippen molar-refractivity contribution in [3.8, 4) is 0 Å². The van der Waals surface area contributed by atoms with Crippen LogP contribution in [-0.2, 0) is 6.54 Å². The third-order valence-electron chi connectivity index (χ3n) is 2.15. The average Bonchev–Trinajstić information content (AvgIpc) is 2.25. The molecule has 3 N–H and O–H groups in total. The molecule has 0 amide bonds. The van der Waals surface area contributed by atoms with Crippen molar-refractivity contribution in [3.63, 3.8) is 0 Å². The minimum atomic E-state index is 0.559. The maximum atomic E-state index is 5.48. The molecule has 0 saturated heterocycles. The van der Waals surface area contributed by atoms with Gasteiger partial charge in [-0.15, -0.1) is 0 Å².